The molecule has 1 heterocycles. The molecule has 0 aliphatic rings. The van der Waals surface area contributed by atoms with Gasteiger partial charge in [-0.15, -0.1) is 0 Å². The van der Waals surface area contributed by atoms with Gasteiger partial charge >= 0.3 is 0 Å². The molecule has 3 aromatic rings. The highest BCUT2D eigenvalue weighted by Gasteiger charge is 2.19. The SMILES string of the molecule is O=C(NCC(O)c1c(F)cccc1F)c1cccc2cn[nH]c12. The Kier molecular flexibility index (Phi) is 4.03. The zero-order valence-corrected chi connectivity index (χ0v) is 11.9. The summed E-state index contributed by atoms with van der Waals surface area (Å²) >= 11 is 0. The third-order valence-corrected chi connectivity index (χ3v) is 3.51. The highest BCUT2D eigenvalue weighted by atomic mass is 19.1. The van der Waals surface area contributed by atoms with Gasteiger partial charge in [-0.25, -0.2) is 8.78 Å². The van der Waals surface area contributed by atoms with Crippen LogP contribution in [0.2, 0.25) is 0 Å². The molecule has 23 heavy (non-hydrogen) atoms. The minimum Gasteiger partial charge on any atom is -0.386 e. The zero-order chi connectivity index (χ0) is 16.4. The van der Waals surface area contributed by atoms with Crippen molar-refractivity contribution in [2.75, 3.05) is 6.54 Å². The largest absolute Gasteiger partial charge is 0.386 e. The van der Waals surface area contributed by atoms with Crippen LogP contribution in [0.25, 0.3) is 10.9 Å². The average Bonchev–Trinajstić information content (AvgIpc) is 3.00. The standard InChI is InChI=1S/C16H13F2N3O2/c17-11-5-2-6-12(18)14(11)13(22)8-19-16(23)10-4-1-3-9-7-20-21-15(9)10/h1-7,13,22H,8H2,(H,19,23)(H,20,21). The topological polar surface area (TPSA) is 78.0 Å². The number of hydrogen-bond donors (Lipinski definition) is 3. The molecule has 1 unspecified atom stereocenters. The fraction of sp³-hybridized carbons (Fsp3) is 0.125. The van der Waals surface area contributed by atoms with Crippen LogP contribution in [0.4, 0.5) is 8.78 Å². The van der Waals surface area contributed by atoms with Gasteiger partial charge in [0.1, 0.15) is 17.7 Å². The molecule has 0 bridgehead atoms. The molecule has 0 saturated heterocycles. The molecular weight excluding hydrogens is 304 g/mol. The lowest BCUT2D eigenvalue weighted by molar-refractivity contribution is 0.0913. The first-order valence-electron chi connectivity index (χ1n) is 6.90. The molecule has 0 aliphatic heterocycles. The van der Waals surface area contributed by atoms with Crippen LogP contribution in [0.1, 0.15) is 22.0 Å². The second-order valence-electron chi connectivity index (χ2n) is 5.00. The lowest BCUT2D eigenvalue weighted by Gasteiger charge is -2.14. The Morgan fingerprint density at radius 1 is 1.22 bits per heavy atom. The number of nitrogens with zero attached hydrogens (tertiary/aromatic N) is 1. The highest BCUT2D eigenvalue weighted by molar-refractivity contribution is 6.05. The quantitative estimate of drug-likeness (QED) is 0.691. The van der Waals surface area contributed by atoms with Crippen molar-refractivity contribution in [3.8, 4) is 0 Å². The number of benzene rings is 2. The second-order valence-corrected chi connectivity index (χ2v) is 5.00. The van der Waals surface area contributed by atoms with Crippen LogP contribution in [-0.4, -0.2) is 27.8 Å². The van der Waals surface area contributed by atoms with E-state index in [9.17, 15) is 18.7 Å². The third kappa shape index (κ3) is 2.91. The Hall–Kier alpha value is -2.80. The molecule has 0 fully saturated rings. The number of carbonyl (C=O) groups is 1. The van der Waals surface area contributed by atoms with Crippen LogP contribution in [-0.2, 0) is 0 Å². The first kappa shape index (κ1) is 15.1. The van der Waals surface area contributed by atoms with E-state index in [0.717, 1.165) is 17.5 Å². The Bertz CT molecular complexity index is 843. The molecular formula is C16H13F2N3O2. The molecule has 3 N–H and O–H groups in total. The summed E-state index contributed by atoms with van der Waals surface area (Å²) in [5, 5.41) is 19.7. The number of aromatic nitrogens is 2. The van der Waals surface area contributed by atoms with Gasteiger partial charge in [-0.2, -0.15) is 5.10 Å². The molecule has 118 valence electrons. The fourth-order valence-electron chi connectivity index (χ4n) is 2.37. The molecule has 0 saturated carbocycles. The minimum absolute atomic E-state index is 0.318. The first-order chi connectivity index (χ1) is 11.1. The smallest absolute Gasteiger partial charge is 0.253 e. The Balaban J connectivity index is 1.75. The van der Waals surface area contributed by atoms with Crippen molar-refractivity contribution in [2.45, 2.75) is 6.10 Å². The average molecular weight is 317 g/mol. The summed E-state index contributed by atoms with van der Waals surface area (Å²) in [4.78, 5) is 12.2. The summed E-state index contributed by atoms with van der Waals surface area (Å²) in [5.41, 5.74) is 0.422. The van der Waals surface area contributed by atoms with Gasteiger partial charge in [0.2, 0.25) is 0 Å². The van der Waals surface area contributed by atoms with Gasteiger partial charge < -0.3 is 10.4 Å². The maximum Gasteiger partial charge on any atom is 0.253 e. The number of aliphatic hydroxyl groups excluding tert-OH is 1. The summed E-state index contributed by atoms with van der Waals surface area (Å²) in [7, 11) is 0. The first-order valence-corrected chi connectivity index (χ1v) is 6.90. The van der Waals surface area contributed by atoms with Crippen molar-refractivity contribution in [1.82, 2.24) is 15.5 Å². The number of aliphatic hydroxyl groups is 1. The van der Waals surface area contributed by atoms with Gasteiger partial charge in [-0.3, -0.25) is 9.89 Å². The summed E-state index contributed by atoms with van der Waals surface area (Å²) in [5.74, 6) is -2.19. The van der Waals surface area contributed by atoms with Gasteiger partial charge in [-0.1, -0.05) is 18.2 Å². The van der Waals surface area contributed by atoms with E-state index in [0.29, 0.717) is 11.1 Å². The predicted octanol–water partition coefficient (Wildman–Crippen LogP) is 2.30. The Labute approximate surface area is 129 Å². The van der Waals surface area contributed by atoms with E-state index < -0.39 is 29.2 Å². The minimum atomic E-state index is -1.49. The van der Waals surface area contributed by atoms with Gasteiger partial charge in [0.05, 0.1) is 22.8 Å². The number of halogens is 2. The fourth-order valence-corrected chi connectivity index (χ4v) is 2.37. The number of fused-ring (bicyclic) bond motifs is 1. The van der Waals surface area contributed by atoms with Crippen molar-refractivity contribution in [3.63, 3.8) is 0 Å². The van der Waals surface area contributed by atoms with Crippen molar-refractivity contribution in [1.29, 1.82) is 0 Å². The lowest BCUT2D eigenvalue weighted by Crippen LogP contribution is -2.29. The molecule has 0 spiro atoms. The third-order valence-electron chi connectivity index (χ3n) is 3.51. The van der Waals surface area contributed by atoms with Gasteiger partial charge in [-0.05, 0) is 18.2 Å². The van der Waals surface area contributed by atoms with E-state index in [4.69, 9.17) is 0 Å². The molecule has 1 amide bonds. The van der Waals surface area contributed by atoms with Crippen molar-refractivity contribution >= 4 is 16.8 Å². The van der Waals surface area contributed by atoms with E-state index in [1.54, 1.807) is 24.4 Å². The van der Waals surface area contributed by atoms with Crippen molar-refractivity contribution in [2.24, 2.45) is 0 Å². The van der Waals surface area contributed by atoms with E-state index in [2.05, 4.69) is 15.5 Å². The summed E-state index contributed by atoms with van der Waals surface area (Å²) in [6.45, 7) is -0.318. The number of H-pyrrole nitrogens is 1. The number of hydrogen-bond acceptors (Lipinski definition) is 3. The number of para-hydroxylation sites is 1. The van der Waals surface area contributed by atoms with E-state index in [1.807, 2.05) is 0 Å². The van der Waals surface area contributed by atoms with Crippen LogP contribution in [0.3, 0.4) is 0 Å². The normalized spacial score (nSPS) is 12.3. The summed E-state index contributed by atoms with van der Waals surface area (Å²) in [6, 6.07) is 8.38. The van der Waals surface area contributed by atoms with E-state index >= 15 is 0 Å². The Morgan fingerprint density at radius 3 is 2.65 bits per heavy atom. The second kappa shape index (κ2) is 6.13. The molecule has 0 radical (unpaired) electrons. The maximum atomic E-state index is 13.6. The number of nitrogens with one attached hydrogen (secondary N) is 2. The van der Waals surface area contributed by atoms with E-state index in [-0.39, 0.29) is 6.54 Å². The molecule has 7 heteroatoms. The molecule has 3 rings (SSSR count). The highest BCUT2D eigenvalue weighted by Crippen LogP contribution is 2.20. The maximum absolute atomic E-state index is 13.6. The zero-order valence-electron chi connectivity index (χ0n) is 11.9. The molecule has 0 aliphatic carbocycles. The van der Waals surface area contributed by atoms with Crippen LogP contribution < -0.4 is 5.32 Å². The van der Waals surface area contributed by atoms with Crippen LogP contribution in [0, 0.1) is 11.6 Å². The van der Waals surface area contributed by atoms with Gasteiger partial charge in [0.25, 0.3) is 5.91 Å². The van der Waals surface area contributed by atoms with Crippen molar-refractivity contribution in [3.05, 3.63) is 65.4 Å². The molecule has 1 aromatic heterocycles. The van der Waals surface area contributed by atoms with Crippen molar-refractivity contribution < 1.29 is 18.7 Å². The van der Waals surface area contributed by atoms with Crippen LogP contribution in [0.5, 0.6) is 0 Å². The summed E-state index contributed by atoms with van der Waals surface area (Å²) < 4.78 is 27.2. The predicted molar refractivity (Wildman–Crippen MR) is 79.7 cm³/mol. The Morgan fingerprint density at radius 2 is 1.91 bits per heavy atom. The molecule has 5 nitrogen and oxygen atoms in total. The van der Waals surface area contributed by atoms with Crippen LogP contribution >= 0.6 is 0 Å². The number of amides is 1. The monoisotopic (exact) mass is 317 g/mol. The van der Waals surface area contributed by atoms with Gasteiger partial charge in [0.15, 0.2) is 0 Å². The van der Waals surface area contributed by atoms with Crippen LogP contribution in [0.15, 0.2) is 42.6 Å². The lowest BCUT2D eigenvalue weighted by atomic mass is 10.1. The number of aromatic amines is 1. The number of carbonyl (C=O) groups excluding carboxylic acids is 1. The molecule has 1 atom stereocenters. The summed E-state index contributed by atoms with van der Waals surface area (Å²) in [6.07, 6.45) is 0.0940. The number of rotatable bonds is 4. The molecule has 2 aromatic carbocycles. The van der Waals surface area contributed by atoms with Gasteiger partial charge in [0, 0.05) is 11.9 Å². The van der Waals surface area contributed by atoms with E-state index in [1.165, 1.54) is 6.07 Å².